The van der Waals surface area contributed by atoms with Gasteiger partial charge in [-0.05, 0) is 70.4 Å². The van der Waals surface area contributed by atoms with Crippen LogP contribution in [0.3, 0.4) is 0 Å². The van der Waals surface area contributed by atoms with Gasteiger partial charge in [0.1, 0.15) is 11.0 Å². The van der Waals surface area contributed by atoms with Crippen molar-refractivity contribution >= 4 is 33.0 Å². The van der Waals surface area contributed by atoms with Gasteiger partial charge in [-0.25, -0.2) is 24.9 Å². The van der Waals surface area contributed by atoms with Crippen molar-refractivity contribution in [3.05, 3.63) is 164 Å². The standard InChI is InChI=1S/C45H27N5O2/c1-3-13-28(14-4-1)41-48-42(29-15-5-2-6-16-29)50-43(49-41)36-24-23-33(34-17-7-8-18-35(34)36)30-25-31(44-46-37-19-9-11-21-39(37)51-44)27-32(26-30)45-47-38-20-10-12-22-40(38)52-45/h1-27H. The van der Waals surface area contributed by atoms with E-state index in [9.17, 15) is 0 Å². The molecule has 0 spiro atoms. The molecule has 0 N–H and O–H groups in total. The molecule has 0 aliphatic heterocycles. The largest absolute Gasteiger partial charge is 0.436 e. The predicted molar refractivity (Wildman–Crippen MR) is 205 cm³/mol. The van der Waals surface area contributed by atoms with E-state index in [4.69, 9.17) is 33.8 Å². The molecule has 0 atom stereocenters. The molecule has 10 aromatic rings. The van der Waals surface area contributed by atoms with Crippen LogP contribution in [0.4, 0.5) is 0 Å². The predicted octanol–water partition coefficient (Wildman–Crippen LogP) is 11.3. The average molecular weight is 670 g/mol. The lowest BCUT2D eigenvalue weighted by Gasteiger charge is -2.14. The van der Waals surface area contributed by atoms with E-state index in [1.54, 1.807) is 0 Å². The molecule has 3 heterocycles. The lowest BCUT2D eigenvalue weighted by molar-refractivity contribution is 0.617. The summed E-state index contributed by atoms with van der Waals surface area (Å²) < 4.78 is 12.5. The number of fused-ring (bicyclic) bond motifs is 3. The SMILES string of the molecule is c1ccc(-c2nc(-c3ccccc3)nc(-c3ccc(-c4cc(-c5nc6ccccc6o5)cc(-c5nc6ccccc6o5)c4)c4ccccc34)n2)cc1. The van der Waals surface area contributed by atoms with Gasteiger partial charge in [0.05, 0.1) is 0 Å². The molecule has 0 aliphatic carbocycles. The first-order valence-corrected chi connectivity index (χ1v) is 17.0. The Hall–Kier alpha value is -7.25. The minimum atomic E-state index is 0.522. The van der Waals surface area contributed by atoms with E-state index in [1.807, 2.05) is 121 Å². The number of nitrogens with zero attached hydrogens (tertiary/aromatic N) is 5. The molecular formula is C45H27N5O2. The van der Waals surface area contributed by atoms with Crippen LogP contribution in [0.5, 0.6) is 0 Å². The van der Waals surface area contributed by atoms with Crippen molar-refractivity contribution in [2.24, 2.45) is 0 Å². The Balaban J connectivity index is 1.17. The third kappa shape index (κ3) is 5.28. The molecule has 0 aliphatic rings. The second kappa shape index (κ2) is 12.3. The monoisotopic (exact) mass is 669 g/mol. The molecule has 0 radical (unpaired) electrons. The van der Waals surface area contributed by atoms with Gasteiger partial charge in [-0.15, -0.1) is 0 Å². The van der Waals surface area contributed by atoms with Crippen molar-refractivity contribution in [3.8, 4) is 68.2 Å². The van der Waals surface area contributed by atoms with Gasteiger partial charge in [0, 0.05) is 27.8 Å². The molecule has 0 bridgehead atoms. The van der Waals surface area contributed by atoms with Crippen LogP contribution in [0.2, 0.25) is 0 Å². The summed E-state index contributed by atoms with van der Waals surface area (Å²) in [5.41, 5.74) is 9.41. The maximum atomic E-state index is 6.27. The van der Waals surface area contributed by atoms with Crippen LogP contribution >= 0.6 is 0 Å². The molecule has 0 saturated heterocycles. The molecule has 244 valence electrons. The van der Waals surface area contributed by atoms with Crippen molar-refractivity contribution in [1.29, 1.82) is 0 Å². The Bertz CT molecular complexity index is 2700. The lowest BCUT2D eigenvalue weighted by atomic mass is 9.92. The molecule has 0 unspecified atom stereocenters. The lowest BCUT2D eigenvalue weighted by Crippen LogP contribution is -2.00. The van der Waals surface area contributed by atoms with E-state index in [1.165, 1.54) is 0 Å². The minimum Gasteiger partial charge on any atom is -0.436 e. The molecular weight excluding hydrogens is 643 g/mol. The quantitative estimate of drug-likeness (QED) is 0.174. The summed E-state index contributed by atoms with van der Waals surface area (Å²) in [6, 6.07) is 54.5. The third-order valence-electron chi connectivity index (χ3n) is 9.19. The van der Waals surface area contributed by atoms with Crippen LogP contribution in [-0.2, 0) is 0 Å². The zero-order valence-corrected chi connectivity index (χ0v) is 27.6. The van der Waals surface area contributed by atoms with E-state index in [0.717, 1.165) is 71.9 Å². The Labute approximate surface area is 298 Å². The third-order valence-corrected chi connectivity index (χ3v) is 9.19. The second-order valence-corrected chi connectivity index (χ2v) is 12.5. The van der Waals surface area contributed by atoms with Crippen LogP contribution in [0.15, 0.2) is 173 Å². The number of hydrogen-bond donors (Lipinski definition) is 0. The first-order chi connectivity index (χ1) is 25.7. The average Bonchev–Trinajstić information content (AvgIpc) is 3.86. The van der Waals surface area contributed by atoms with Gasteiger partial charge in [-0.3, -0.25) is 0 Å². The fraction of sp³-hybridized carbons (Fsp3) is 0. The molecule has 0 fully saturated rings. The summed E-state index contributed by atoms with van der Waals surface area (Å²) in [5, 5.41) is 2.06. The first-order valence-electron chi connectivity index (χ1n) is 17.0. The Kier molecular flexibility index (Phi) is 6.99. The highest BCUT2D eigenvalue weighted by molar-refractivity contribution is 6.05. The van der Waals surface area contributed by atoms with Gasteiger partial charge < -0.3 is 8.83 Å². The van der Waals surface area contributed by atoms with Crippen molar-refractivity contribution < 1.29 is 8.83 Å². The normalized spacial score (nSPS) is 11.5. The van der Waals surface area contributed by atoms with Gasteiger partial charge in [-0.1, -0.05) is 115 Å². The van der Waals surface area contributed by atoms with Gasteiger partial charge in [0.15, 0.2) is 28.6 Å². The van der Waals surface area contributed by atoms with Crippen LogP contribution in [-0.4, -0.2) is 24.9 Å². The van der Waals surface area contributed by atoms with Crippen molar-refractivity contribution in [2.45, 2.75) is 0 Å². The van der Waals surface area contributed by atoms with Gasteiger partial charge in [-0.2, -0.15) is 0 Å². The minimum absolute atomic E-state index is 0.522. The Morgan fingerprint density at radius 1 is 0.308 bits per heavy atom. The van der Waals surface area contributed by atoms with E-state index in [0.29, 0.717) is 29.3 Å². The van der Waals surface area contributed by atoms with Crippen LogP contribution in [0.25, 0.3) is 101 Å². The van der Waals surface area contributed by atoms with Gasteiger partial charge in [0.2, 0.25) is 11.8 Å². The van der Waals surface area contributed by atoms with E-state index >= 15 is 0 Å². The topological polar surface area (TPSA) is 90.7 Å². The molecule has 7 aromatic carbocycles. The van der Waals surface area contributed by atoms with E-state index < -0.39 is 0 Å². The number of aromatic nitrogens is 5. The first kappa shape index (κ1) is 29.6. The summed E-state index contributed by atoms with van der Waals surface area (Å²) in [6.45, 7) is 0. The highest BCUT2D eigenvalue weighted by Gasteiger charge is 2.19. The van der Waals surface area contributed by atoms with Crippen LogP contribution in [0, 0.1) is 0 Å². The number of rotatable bonds is 6. The number of para-hydroxylation sites is 4. The van der Waals surface area contributed by atoms with Crippen LogP contribution in [0.1, 0.15) is 0 Å². The Morgan fingerprint density at radius 3 is 1.27 bits per heavy atom. The molecule has 3 aromatic heterocycles. The summed E-state index contributed by atoms with van der Waals surface area (Å²) >= 11 is 0. The van der Waals surface area contributed by atoms with Gasteiger partial charge in [0.25, 0.3) is 0 Å². The van der Waals surface area contributed by atoms with E-state index in [2.05, 4.69) is 42.5 Å². The van der Waals surface area contributed by atoms with Gasteiger partial charge >= 0.3 is 0 Å². The molecule has 0 saturated carbocycles. The molecule has 7 nitrogen and oxygen atoms in total. The fourth-order valence-electron chi connectivity index (χ4n) is 6.70. The number of hydrogen-bond acceptors (Lipinski definition) is 7. The molecule has 10 rings (SSSR count). The highest BCUT2D eigenvalue weighted by atomic mass is 16.4. The summed E-state index contributed by atoms with van der Waals surface area (Å²) in [5.74, 6) is 2.88. The fourth-order valence-corrected chi connectivity index (χ4v) is 6.70. The molecule has 7 heteroatoms. The van der Waals surface area contributed by atoms with Crippen molar-refractivity contribution in [2.75, 3.05) is 0 Å². The number of benzene rings is 7. The summed E-state index contributed by atoms with van der Waals surface area (Å²) in [6.07, 6.45) is 0. The van der Waals surface area contributed by atoms with Crippen LogP contribution < -0.4 is 0 Å². The van der Waals surface area contributed by atoms with E-state index in [-0.39, 0.29) is 0 Å². The maximum Gasteiger partial charge on any atom is 0.227 e. The summed E-state index contributed by atoms with van der Waals surface area (Å²) in [4.78, 5) is 24.7. The Morgan fingerprint density at radius 2 is 0.731 bits per heavy atom. The van der Waals surface area contributed by atoms with Crippen molar-refractivity contribution in [3.63, 3.8) is 0 Å². The highest BCUT2D eigenvalue weighted by Crippen LogP contribution is 2.40. The smallest absolute Gasteiger partial charge is 0.227 e. The van der Waals surface area contributed by atoms with Crippen molar-refractivity contribution in [1.82, 2.24) is 24.9 Å². The second-order valence-electron chi connectivity index (χ2n) is 12.5. The zero-order chi connectivity index (χ0) is 34.4. The summed E-state index contributed by atoms with van der Waals surface area (Å²) in [7, 11) is 0. The maximum absolute atomic E-state index is 6.27. The zero-order valence-electron chi connectivity index (χ0n) is 27.6. The molecule has 52 heavy (non-hydrogen) atoms. The number of oxazole rings is 2. The molecule has 0 amide bonds.